The quantitative estimate of drug-likeness (QED) is 0.592. The first-order chi connectivity index (χ1) is 14.1. The maximum atomic E-state index is 12.4. The molecule has 3 rings (SSSR count). The highest BCUT2D eigenvalue weighted by Gasteiger charge is 2.09. The number of para-hydroxylation sites is 1. The molecule has 0 spiro atoms. The Labute approximate surface area is 171 Å². The molecule has 0 radical (unpaired) electrons. The van der Waals surface area contributed by atoms with Gasteiger partial charge in [0, 0.05) is 12.2 Å². The Morgan fingerprint density at radius 2 is 1.79 bits per heavy atom. The molecule has 150 valence electrons. The molecule has 2 N–H and O–H groups in total. The molecule has 0 saturated carbocycles. The lowest BCUT2D eigenvalue weighted by molar-refractivity contribution is 0.102. The Balaban J connectivity index is 1.53. The molecule has 1 amide bonds. The monoisotopic (exact) mass is 390 g/mol. The number of rotatable bonds is 8. The second-order valence-corrected chi connectivity index (χ2v) is 7.01. The summed E-state index contributed by atoms with van der Waals surface area (Å²) in [6.45, 7) is 4.95. The number of amides is 1. The van der Waals surface area contributed by atoms with E-state index in [4.69, 9.17) is 4.74 Å². The normalized spacial score (nSPS) is 10.6. The van der Waals surface area contributed by atoms with Crippen molar-refractivity contribution in [1.82, 2.24) is 9.97 Å². The van der Waals surface area contributed by atoms with E-state index in [9.17, 15) is 4.79 Å². The highest BCUT2D eigenvalue weighted by molar-refractivity contribution is 6.02. The number of carbonyl (C=O) groups is 1. The van der Waals surface area contributed by atoms with E-state index in [0.717, 1.165) is 23.4 Å². The van der Waals surface area contributed by atoms with Gasteiger partial charge < -0.3 is 15.4 Å². The Kier molecular flexibility index (Phi) is 6.79. The van der Waals surface area contributed by atoms with Crippen molar-refractivity contribution in [2.45, 2.75) is 26.2 Å². The van der Waals surface area contributed by atoms with Crippen molar-refractivity contribution < 1.29 is 9.53 Å². The average molecular weight is 390 g/mol. The van der Waals surface area contributed by atoms with Crippen LogP contribution in [-0.2, 0) is 6.42 Å². The van der Waals surface area contributed by atoms with Crippen molar-refractivity contribution in [3.05, 3.63) is 77.7 Å². The van der Waals surface area contributed by atoms with Crippen LogP contribution >= 0.6 is 0 Å². The number of ether oxygens (including phenoxy) is 1. The maximum Gasteiger partial charge on any atom is 0.275 e. The van der Waals surface area contributed by atoms with Crippen LogP contribution in [0.3, 0.4) is 0 Å². The second-order valence-electron chi connectivity index (χ2n) is 7.01. The van der Waals surface area contributed by atoms with Gasteiger partial charge in [-0.15, -0.1) is 0 Å². The highest BCUT2D eigenvalue weighted by Crippen LogP contribution is 2.18. The van der Waals surface area contributed by atoms with E-state index >= 15 is 0 Å². The number of methoxy groups -OCH3 is 1. The van der Waals surface area contributed by atoms with E-state index in [1.54, 1.807) is 13.3 Å². The number of hydrogen-bond acceptors (Lipinski definition) is 5. The Morgan fingerprint density at radius 3 is 2.45 bits per heavy atom. The van der Waals surface area contributed by atoms with Crippen LogP contribution in [0.2, 0.25) is 0 Å². The second kappa shape index (κ2) is 9.68. The third-order valence-electron chi connectivity index (χ3n) is 4.61. The fourth-order valence-electron chi connectivity index (χ4n) is 2.92. The topological polar surface area (TPSA) is 76.1 Å². The van der Waals surface area contributed by atoms with Crippen molar-refractivity contribution in [1.29, 1.82) is 0 Å². The molecular weight excluding hydrogens is 364 g/mol. The molecule has 6 heteroatoms. The summed E-state index contributed by atoms with van der Waals surface area (Å²) in [5.74, 6) is 1.66. The van der Waals surface area contributed by atoms with Gasteiger partial charge in [-0.3, -0.25) is 4.79 Å². The number of anilines is 2. The molecule has 29 heavy (non-hydrogen) atoms. The minimum Gasteiger partial charge on any atom is -0.496 e. The SMILES string of the molecule is COc1ccccc1CCNc1cnc(C(=O)Nc2ccc(C(C)C)cc2)cn1. The largest absolute Gasteiger partial charge is 0.496 e. The van der Waals surface area contributed by atoms with E-state index in [-0.39, 0.29) is 11.6 Å². The molecular formula is C23H26N4O2. The summed E-state index contributed by atoms with van der Waals surface area (Å²) >= 11 is 0. The fourth-order valence-corrected chi connectivity index (χ4v) is 2.92. The maximum absolute atomic E-state index is 12.4. The number of carbonyl (C=O) groups excluding carboxylic acids is 1. The number of aromatic nitrogens is 2. The summed E-state index contributed by atoms with van der Waals surface area (Å²) in [4.78, 5) is 20.9. The molecule has 0 unspecified atom stereocenters. The predicted molar refractivity (Wildman–Crippen MR) is 116 cm³/mol. The van der Waals surface area contributed by atoms with Crippen LogP contribution in [0.4, 0.5) is 11.5 Å². The zero-order valence-electron chi connectivity index (χ0n) is 17.0. The van der Waals surface area contributed by atoms with Crippen molar-refractivity contribution in [3.8, 4) is 5.75 Å². The Bertz CT molecular complexity index is 938. The van der Waals surface area contributed by atoms with Gasteiger partial charge in [-0.05, 0) is 41.7 Å². The van der Waals surface area contributed by atoms with E-state index in [1.807, 2.05) is 48.5 Å². The standard InChI is InChI=1S/C23H26N4O2/c1-16(2)17-8-10-19(11-9-17)27-23(28)20-14-26-22(15-25-20)24-13-12-18-6-4-5-7-21(18)29-3/h4-11,14-16H,12-13H2,1-3H3,(H,24,26)(H,27,28). The van der Waals surface area contributed by atoms with Gasteiger partial charge >= 0.3 is 0 Å². The van der Waals surface area contributed by atoms with Crippen LogP contribution in [0.1, 0.15) is 41.4 Å². The highest BCUT2D eigenvalue weighted by atomic mass is 16.5. The average Bonchev–Trinajstić information content (AvgIpc) is 2.75. The van der Waals surface area contributed by atoms with Crippen LogP contribution in [-0.4, -0.2) is 29.5 Å². The molecule has 0 atom stereocenters. The van der Waals surface area contributed by atoms with Crippen molar-refractivity contribution in [3.63, 3.8) is 0 Å². The predicted octanol–water partition coefficient (Wildman–Crippen LogP) is 4.52. The molecule has 3 aromatic rings. The van der Waals surface area contributed by atoms with Crippen molar-refractivity contribution in [2.75, 3.05) is 24.3 Å². The molecule has 1 heterocycles. The number of nitrogens with zero attached hydrogens (tertiary/aromatic N) is 2. The van der Waals surface area contributed by atoms with Gasteiger partial charge in [-0.25, -0.2) is 9.97 Å². The lowest BCUT2D eigenvalue weighted by atomic mass is 10.0. The molecule has 0 saturated heterocycles. The number of benzene rings is 2. The Hall–Kier alpha value is -3.41. The van der Waals surface area contributed by atoms with Gasteiger partial charge in [-0.1, -0.05) is 44.2 Å². The summed E-state index contributed by atoms with van der Waals surface area (Å²) in [7, 11) is 1.67. The fraction of sp³-hybridized carbons (Fsp3) is 0.261. The molecule has 0 aliphatic heterocycles. The summed E-state index contributed by atoms with van der Waals surface area (Å²) in [6, 6.07) is 15.7. The molecule has 0 aliphatic rings. The van der Waals surface area contributed by atoms with Crippen LogP contribution in [0, 0.1) is 0 Å². The van der Waals surface area contributed by atoms with Gasteiger partial charge in [-0.2, -0.15) is 0 Å². The molecule has 0 aliphatic carbocycles. The lowest BCUT2D eigenvalue weighted by Crippen LogP contribution is -2.15. The minimum absolute atomic E-state index is 0.271. The van der Waals surface area contributed by atoms with Crippen LogP contribution < -0.4 is 15.4 Å². The summed E-state index contributed by atoms with van der Waals surface area (Å²) in [5, 5.41) is 6.06. The van der Waals surface area contributed by atoms with Crippen LogP contribution in [0.5, 0.6) is 5.75 Å². The number of hydrogen-bond donors (Lipinski definition) is 2. The first-order valence-corrected chi connectivity index (χ1v) is 9.66. The van der Waals surface area contributed by atoms with Gasteiger partial charge in [0.1, 0.15) is 17.3 Å². The first kappa shape index (κ1) is 20.3. The third-order valence-corrected chi connectivity index (χ3v) is 4.61. The van der Waals surface area contributed by atoms with Gasteiger partial charge in [0.05, 0.1) is 19.5 Å². The van der Waals surface area contributed by atoms with E-state index in [2.05, 4.69) is 34.4 Å². The van der Waals surface area contributed by atoms with Crippen LogP contribution in [0.15, 0.2) is 60.9 Å². The van der Waals surface area contributed by atoms with Crippen LogP contribution in [0.25, 0.3) is 0 Å². The molecule has 0 bridgehead atoms. The summed E-state index contributed by atoms with van der Waals surface area (Å²) < 4.78 is 5.36. The van der Waals surface area contributed by atoms with Gasteiger partial charge in [0.25, 0.3) is 5.91 Å². The van der Waals surface area contributed by atoms with Crippen molar-refractivity contribution in [2.24, 2.45) is 0 Å². The zero-order chi connectivity index (χ0) is 20.6. The zero-order valence-corrected chi connectivity index (χ0v) is 17.0. The van der Waals surface area contributed by atoms with E-state index in [1.165, 1.54) is 11.8 Å². The van der Waals surface area contributed by atoms with Crippen molar-refractivity contribution >= 4 is 17.4 Å². The van der Waals surface area contributed by atoms with Gasteiger partial charge in [0.2, 0.25) is 0 Å². The summed E-state index contributed by atoms with van der Waals surface area (Å²) in [6.07, 6.45) is 3.84. The van der Waals surface area contributed by atoms with E-state index < -0.39 is 0 Å². The molecule has 0 fully saturated rings. The minimum atomic E-state index is -0.282. The van der Waals surface area contributed by atoms with E-state index in [0.29, 0.717) is 18.3 Å². The van der Waals surface area contributed by atoms with Gasteiger partial charge in [0.15, 0.2) is 0 Å². The first-order valence-electron chi connectivity index (χ1n) is 9.66. The smallest absolute Gasteiger partial charge is 0.275 e. The Morgan fingerprint density at radius 1 is 1.03 bits per heavy atom. The third kappa shape index (κ3) is 5.54. The molecule has 2 aromatic carbocycles. The number of nitrogens with one attached hydrogen (secondary N) is 2. The molecule has 1 aromatic heterocycles. The lowest BCUT2D eigenvalue weighted by Gasteiger charge is -2.10. The summed E-state index contributed by atoms with van der Waals surface area (Å²) in [5.41, 5.74) is 3.36. The molecule has 6 nitrogen and oxygen atoms in total.